The molecule has 1 saturated carbocycles. The van der Waals surface area contributed by atoms with Gasteiger partial charge in [0.25, 0.3) is 0 Å². The van der Waals surface area contributed by atoms with Crippen LogP contribution in [0.25, 0.3) is 11.3 Å². The van der Waals surface area contributed by atoms with Crippen molar-refractivity contribution in [3.8, 4) is 11.3 Å². The first-order chi connectivity index (χ1) is 13.9. The molecule has 164 valence electrons. The second-order valence-electron chi connectivity index (χ2n) is 10.1. The Hall–Kier alpha value is -1.84. The van der Waals surface area contributed by atoms with Crippen molar-refractivity contribution < 1.29 is 17.7 Å². The Balaban J connectivity index is 1.94. The lowest BCUT2D eigenvalue weighted by atomic mass is 9.67. The summed E-state index contributed by atoms with van der Waals surface area (Å²) in [5.41, 5.74) is 3.03. The average Bonchev–Trinajstić information content (AvgIpc) is 2.68. The van der Waals surface area contributed by atoms with E-state index in [2.05, 4.69) is 39.0 Å². The predicted molar refractivity (Wildman–Crippen MR) is 116 cm³/mol. The number of hydrogen-bond acceptors (Lipinski definition) is 0. The summed E-state index contributed by atoms with van der Waals surface area (Å²) in [4.78, 5) is 0. The number of pyridine rings is 1. The highest BCUT2D eigenvalue weighted by molar-refractivity contribution is 5.62. The number of nitrogens with zero attached hydrogens (tertiary/aromatic N) is 1. The summed E-state index contributed by atoms with van der Waals surface area (Å²) in [6.45, 7) is 9.27. The number of benzene rings is 1. The molecule has 1 aromatic heterocycles. The molecule has 0 radical (unpaired) electrons. The number of alkyl halides is 3. The van der Waals surface area contributed by atoms with Crippen molar-refractivity contribution in [1.82, 2.24) is 0 Å². The Morgan fingerprint density at radius 3 is 2.00 bits per heavy atom. The van der Waals surface area contributed by atoms with E-state index in [1.165, 1.54) is 51.5 Å². The summed E-state index contributed by atoms with van der Waals surface area (Å²) in [6.07, 6.45) is 3.90. The molecule has 1 fully saturated rings. The predicted octanol–water partition coefficient (Wildman–Crippen LogP) is 7.18. The van der Waals surface area contributed by atoms with Gasteiger partial charge in [-0.25, -0.2) is 4.57 Å². The minimum atomic E-state index is -4.29. The van der Waals surface area contributed by atoms with Crippen LogP contribution in [-0.4, -0.2) is 6.18 Å². The van der Waals surface area contributed by atoms with Crippen LogP contribution in [0, 0.1) is 12.8 Å². The van der Waals surface area contributed by atoms with Crippen molar-refractivity contribution in [2.45, 2.75) is 83.7 Å². The molecule has 2 aromatic rings. The molecular formula is C26H35F3N+. The van der Waals surface area contributed by atoms with Crippen LogP contribution in [0.5, 0.6) is 0 Å². The summed E-state index contributed by atoms with van der Waals surface area (Å²) in [6, 6.07) is 10.1. The summed E-state index contributed by atoms with van der Waals surface area (Å²) < 4.78 is 42.1. The number of hydrogen-bond donors (Lipinski definition) is 0. The quantitative estimate of drug-likeness (QED) is 0.463. The molecule has 0 amide bonds. The van der Waals surface area contributed by atoms with Gasteiger partial charge in [-0.2, -0.15) is 13.2 Å². The van der Waals surface area contributed by atoms with Gasteiger partial charge in [-0.3, -0.25) is 0 Å². The van der Waals surface area contributed by atoms with Gasteiger partial charge in [-0.15, -0.1) is 0 Å². The van der Waals surface area contributed by atoms with E-state index >= 15 is 0 Å². The van der Waals surface area contributed by atoms with Gasteiger partial charge in [0.1, 0.15) is 7.05 Å². The van der Waals surface area contributed by atoms with Gasteiger partial charge >= 0.3 is 6.18 Å². The first-order valence-electron chi connectivity index (χ1n) is 11.0. The van der Waals surface area contributed by atoms with Crippen LogP contribution >= 0.6 is 0 Å². The van der Waals surface area contributed by atoms with Gasteiger partial charge in [-0.05, 0) is 68.2 Å². The zero-order chi connectivity index (χ0) is 22.3. The van der Waals surface area contributed by atoms with E-state index in [1.54, 1.807) is 12.3 Å². The maximum atomic E-state index is 13.4. The molecular weight excluding hydrogens is 383 g/mol. The molecule has 0 N–H and O–H groups in total. The van der Waals surface area contributed by atoms with Crippen LogP contribution in [0.4, 0.5) is 13.2 Å². The second kappa shape index (κ2) is 8.01. The van der Waals surface area contributed by atoms with Crippen molar-refractivity contribution in [1.29, 1.82) is 0 Å². The van der Waals surface area contributed by atoms with E-state index in [0.717, 1.165) is 16.8 Å². The van der Waals surface area contributed by atoms with Crippen molar-refractivity contribution in [3.63, 3.8) is 0 Å². The number of rotatable bonds is 4. The Morgan fingerprint density at radius 2 is 1.47 bits per heavy atom. The molecule has 1 nitrogen and oxygen atoms in total. The van der Waals surface area contributed by atoms with Crippen LogP contribution < -0.4 is 4.57 Å². The van der Waals surface area contributed by atoms with Gasteiger partial charge in [0.05, 0.1) is 5.41 Å². The third-order valence-electron chi connectivity index (χ3n) is 7.44. The van der Waals surface area contributed by atoms with E-state index in [1.807, 2.05) is 17.7 Å². The zero-order valence-electron chi connectivity index (χ0n) is 19.2. The number of aromatic nitrogens is 1. The molecule has 30 heavy (non-hydrogen) atoms. The molecule has 0 atom stereocenters. The van der Waals surface area contributed by atoms with E-state index < -0.39 is 11.6 Å². The molecule has 1 aromatic carbocycles. The molecule has 0 unspecified atom stereocenters. The lowest BCUT2D eigenvalue weighted by molar-refractivity contribution is -0.661. The fourth-order valence-corrected chi connectivity index (χ4v) is 4.83. The Kier molecular flexibility index (Phi) is 6.10. The second-order valence-corrected chi connectivity index (χ2v) is 10.1. The third-order valence-corrected chi connectivity index (χ3v) is 7.44. The molecule has 0 spiro atoms. The van der Waals surface area contributed by atoms with Gasteiger partial charge in [-0.1, -0.05) is 45.2 Å². The Labute approximate surface area is 179 Å². The normalized spacial score (nSPS) is 16.7. The van der Waals surface area contributed by atoms with Gasteiger partial charge in [0.2, 0.25) is 5.69 Å². The largest absolute Gasteiger partial charge is 0.398 e. The van der Waals surface area contributed by atoms with E-state index in [9.17, 15) is 13.2 Å². The smallest absolute Gasteiger partial charge is 0.201 e. The average molecular weight is 419 g/mol. The summed E-state index contributed by atoms with van der Waals surface area (Å²) in [7, 11) is 1.82. The first-order valence-corrected chi connectivity index (χ1v) is 11.0. The monoisotopic (exact) mass is 418 g/mol. The van der Waals surface area contributed by atoms with Crippen LogP contribution in [0.15, 0.2) is 36.5 Å². The fraction of sp³-hybridized carbons (Fsp3) is 0.577. The topological polar surface area (TPSA) is 3.88 Å². The van der Waals surface area contributed by atoms with Crippen LogP contribution in [0.1, 0.15) is 76.5 Å². The number of halogens is 3. The lowest BCUT2D eigenvalue weighted by Gasteiger charge is -2.38. The molecule has 0 bridgehead atoms. The highest BCUT2D eigenvalue weighted by atomic mass is 19.4. The van der Waals surface area contributed by atoms with Crippen LogP contribution in [-0.2, 0) is 17.9 Å². The number of aryl methyl sites for hydroxylation is 2. The summed E-state index contributed by atoms with van der Waals surface area (Å²) in [5.74, 6) is 0.705. The molecule has 0 saturated heterocycles. The maximum absolute atomic E-state index is 13.4. The summed E-state index contributed by atoms with van der Waals surface area (Å²) in [5, 5.41) is 0. The van der Waals surface area contributed by atoms with Crippen molar-refractivity contribution in [3.05, 3.63) is 53.2 Å². The van der Waals surface area contributed by atoms with Crippen LogP contribution in [0.3, 0.4) is 0 Å². The highest BCUT2D eigenvalue weighted by Crippen LogP contribution is 2.42. The van der Waals surface area contributed by atoms with Crippen molar-refractivity contribution >= 4 is 0 Å². The minimum Gasteiger partial charge on any atom is -0.201 e. The standard InChI is InChI=1S/C26H35F3N/c1-18-16-20(24(2,3)19-10-8-7-9-11-19)12-14-22(18)23-15-13-21(17-30(23)6)25(4,5)26(27,28)29/h12-17,19H,7-11H2,1-6H3/q+1. The van der Waals surface area contributed by atoms with Crippen molar-refractivity contribution in [2.24, 2.45) is 13.0 Å². The van der Waals surface area contributed by atoms with E-state index in [4.69, 9.17) is 0 Å². The molecule has 4 heteroatoms. The van der Waals surface area contributed by atoms with Gasteiger partial charge in [0, 0.05) is 17.2 Å². The highest BCUT2D eigenvalue weighted by Gasteiger charge is 2.49. The minimum absolute atomic E-state index is 0.131. The molecule has 3 rings (SSSR count). The molecule has 0 aliphatic heterocycles. The van der Waals surface area contributed by atoms with Gasteiger partial charge < -0.3 is 0 Å². The van der Waals surface area contributed by atoms with Crippen LogP contribution in [0.2, 0.25) is 0 Å². The lowest BCUT2D eigenvalue weighted by Crippen LogP contribution is -2.40. The molecule has 1 aliphatic rings. The molecule has 1 aliphatic carbocycles. The van der Waals surface area contributed by atoms with Crippen molar-refractivity contribution in [2.75, 3.05) is 0 Å². The molecule has 1 heterocycles. The van der Waals surface area contributed by atoms with E-state index in [-0.39, 0.29) is 11.0 Å². The first kappa shape index (κ1) is 22.8. The third kappa shape index (κ3) is 4.15. The SMILES string of the molecule is Cc1cc(C(C)(C)C2CCCCC2)ccc1-c1ccc(C(C)(C)C(F)(F)F)c[n+]1C. The van der Waals surface area contributed by atoms with E-state index in [0.29, 0.717) is 5.92 Å². The fourth-order valence-electron chi connectivity index (χ4n) is 4.83. The Bertz CT molecular complexity index is 903. The zero-order valence-corrected chi connectivity index (χ0v) is 19.2. The summed E-state index contributed by atoms with van der Waals surface area (Å²) >= 11 is 0. The maximum Gasteiger partial charge on any atom is 0.398 e. The Morgan fingerprint density at radius 1 is 0.867 bits per heavy atom. The van der Waals surface area contributed by atoms with Gasteiger partial charge in [0.15, 0.2) is 6.20 Å².